The SMILES string of the molecule is COCc1nc(NCCNS(=O)(=O)c2ccccc2)c2c(C)nn(-c3cccc(Cl)c3)c2n1. The molecule has 0 bridgehead atoms. The summed E-state index contributed by atoms with van der Waals surface area (Å²) in [5.41, 5.74) is 2.09. The van der Waals surface area contributed by atoms with Crippen LogP contribution in [0, 0.1) is 6.92 Å². The third-order valence-corrected chi connectivity index (χ3v) is 6.55. The molecule has 2 N–H and O–H groups in total. The van der Waals surface area contributed by atoms with Crippen LogP contribution >= 0.6 is 11.6 Å². The summed E-state index contributed by atoms with van der Waals surface area (Å²) in [5.74, 6) is 1.03. The molecule has 4 aromatic rings. The third-order valence-electron chi connectivity index (χ3n) is 4.84. The zero-order chi connectivity index (χ0) is 23.4. The summed E-state index contributed by atoms with van der Waals surface area (Å²) in [6, 6.07) is 15.6. The van der Waals surface area contributed by atoms with Crippen LogP contribution in [0.1, 0.15) is 11.5 Å². The second kappa shape index (κ2) is 9.84. The van der Waals surface area contributed by atoms with Crippen molar-refractivity contribution in [1.82, 2.24) is 24.5 Å². The van der Waals surface area contributed by atoms with Gasteiger partial charge >= 0.3 is 0 Å². The molecule has 0 aliphatic heterocycles. The first-order valence-corrected chi connectivity index (χ1v) is 12.0. The molecule has 2 aromatic carbocycles. The van der Waals surface area contributed by atoms with Crippen molar-refractivity contribution in [2.24, 2.45) is 0 Å². The van der Waals surface area contributed by atoms with Crippen molar-refractivity contribution in [2.75, 3.05) is 25.5 Å². The van der Waals surface area contributed by atoms with Crippen LogP contribution in [0.3, 0.4) is 0 Å². The molecular weight excluding hydrogens is 464 g/mol. The molecule has 172 valence electrons. The van der Waals surface area contributed by atoms with Gasteiger partial charge in [0.15, 0.2) is 11.5 Å². The van der Waals surface area contributed by atoms with Gasteiger partial charge in [0.2, 0.25) is 10.0 Å². The Kier molecular flexibility index (Phi) is 6.89. The van der Waals surface area contributed by atoms with Crippen molar-refractivity contribution >= 4 is 38.5 Å². The lowest BCUT2D eigenvalue weighted by Gasteiger charge is -2.11. The van der Waals surface area contributed by atoms with Crippen LogP contribution in [0.5, 0.6) is 0 Å². The first-order chi connectivity index (χ1) is 15.9. The number of ether oxygens (including phenoxy) is 1. The Morgan fingerprint density at radius 3 is 2.58 bits per heavy atom. The van der Waals surface area contributed by atoms with Crippen LogP contribution in [0.25, 0.3) is 16.7 Å². The Morgan fingerprint density at radius 1 is 1.06 bits per heavy atom. The molecule has 0 radical (unpaired) electrons. The minimum absolute atomic E-state index is 0.170. The number of aryl methyl sites for hydroxylation is 1. The molecule has 33 heavy (non-hydrogen) atoms. The average Bonchev–Trinajstić information content (AvgIpc) is 3.14. The standard InChI is InChI=1S/C22H23ClN6O3S/c1-15-20-21(24-11-12-25-33(30,31)18-9-4-3-5-10-18)26-19(14-32-2)27-22(20)29(28-15)17-8-6-7-16(23)13-17/h3-10,13,25H,11-12,14H2,1-2H3,(H,24,26,27). The van der Waals surface area contributed by atoms with Gasteiger partial charge in [-0.25, -0.2) is 27.8 Å². The predicted molar refractivity (Wildman–Crippen MR) is 127 cm³/mol. The highest BCUT2D eigenvalue weighted by atomic mass is 35.5. The minimum Gasteiger partial charge on any atom is -0.377 e. The highest BCUT2D eigenvalue weighted by molar-refractivity contribution is 7.89. The van der Waals surface area contributed by atoms with Gasteiger partial charge in [-0.2, -0.15) is 5.10 Å². The van der Waals surface area contributed by atoms with Crippen molar-refractivity contribution in [2.45, 2.75) is 18.4 Å². The van der Waals surface area contributed by atoms with Crippen LogP contribution in [0.4, 0.5) is 5.82 Å². The molecule has 4 rings (SSSR count). The van der Waals surface area contributed by atoms with Gasteiger partial charge in [-0.3, -0.25) is 0 Å². The van der Waals surface area contributed by atoms with Gasteiger partial charge in [-0.1, -0.05) is 35.9 Å². The van der Waals surface area contributed by atoms with E-state index < -0.39 is 10.0 Å². The number of nitrogens with zero attached hydrogens (tertiary/aromatic N) is 4. The van der Waals surface area contributed by atoms with Crippen molar-refractivity contribution in [3.05, 3.63) is 71.1 Å². The fourth-order valence-electron chi connectivity index (χ4n) is 3.39. The Hall–Kier alpha value is -3.05. The summed E-state index contributed by atoms with van der Waals surface area (Å²) in [6.45, 7) is 2.56. The molecule has 11 heteroatoms. The summed E-state index contributed by atoms with van der Waals surface area (Å²) in [5, 5.41) is 9.17. The molecule has 0 saturated carbocycles. The molecule has 0 aliphatic rings. The number of methoxy groups -OCH3 is 1. The summed E-state index contributed by atoms with van der Waals surface area (Å²) in [7, 11) is -2.02. The number of benzene rings is 2. The maximum atomic E-state index is 12.4. The highest BCUT2D eigenvalue weighted by Gasteiger charge is 2.18. The normalized spacial score (nSPS) is 11.7. The smallest absolute Gasteiger partial charge is 0.240 e. The summed E-state index contributed by atoms with van der Waals surface area (Å²) < 4.78 is 34.4. The number of anilines is 1. The Balaban J connectivity index is 1.60. The number of hydrogen-bond acceptors (Lipinski definition) is 7. The number of halogens is 1. The van der Waals surface area contributed by atoms with E-state index in [0.717, 1.165) is 16.8 Å². The van der Waals surface area contributed by atoms with Gasteiger partial charge < -0.3 is 10.1 Å². The lowest BCUT2D eigenvalue weighted by molar-refractivity contribution is 0.178. The van der Waals surface area contributed by atoms with E-state index in [9.17, 15) is 8.42 Å². The van der Waals surface area contributed by atoms with Gasteiger partial charge in [0.25, 0.3) is 0 Å². The second-order valence-electron chi connectivity index (χ2n) is 7.23. The molecule has 0 atom stereocenters. The molecule has 2 aromatic heterocycles. The summed E-state index contributed by atoms with van der Waals surface area (Å²) >= 11 is 6.17. The third kappa shape index (κ3) is 5.14. The van der Waals surface area contributed by atoms with E-state index in [1.54, 1.807) is 54.3 Å². The van der Waals surface area contributed by atoms with Gasteiger partial charge in [-0.05, 0) is 37.3 Å². The van der Waals surface area contributed by atoms with Crippen LogP contribution in [-0.4, -0.2) is 48.4 Å². The van der Waals surface area contributed by atoms with Crippen molar-refractivity contribution in [1.29, 1.82) is 0 Å². The summed E-state index contributed by atoms with van der Waals surface area (Å²) in [6.07, 6.45) is 0. The maximum absolute atomic E-state index is 12.4. The van der Waals surface area contributed by atoms with Gasteiger partial charge in [0.1, 0.15) is 12.4 Å². The van der Waals surface area contributed by atoms with E-state index in [1.807, 2.05) is 19.1 Å². The second-order valence-corrected chi connectivity index (χ2v) is 9.44. The monoisotopic (exact) mass is 486 g/mol. The fourth-order valence-corrected chi connectivity index (χ4v) is 4.62. The molecule has 0 saturated heterocycles. The number of rotatable bonds is 9. The number of nitrogens with one attached hydrogen (secondary N) is 2. The fraction of sp³-hybridized carbons (Fsp3) is 0.227. The molecule has 0 fully saturated rings. The zero-order valence-electron chi connectivity index (χ0n) is 18.1. The van der Waals surface area contributed by atoms with E-state index in [4.69, 9.17) is 16.3 Å². The lowest BCUT2D eigenvalue weighted by Crippen LogP contribution is -2.29. The molecule has 0 spiro atoms. The van der Waals surface area contributed by atoms with E-state index in [0.29, 0.717) is 28.9 Å². The average molecular weight is 487 g/mol. The van der Waals surface area contributed by atoms with Crippen LogP contribution < -0.4 is 10.0 Å². The van der Waals surface area contributed by atoms with E-state index in [1.165, 1.54) is 0 Å². The van der Waals surface area contributed by atoms with Crippen molar-refractivity contribution in [3.63, 3.8) is 0 Å². The predicted octanol–water partition coefficient (Wildman–Crippen LogP) is 3.31. The lowest BCUT2D eigenvalue weighted by atomic mass is 10.3. The quantitative estimate of drug-likeness (QED) is 0.349. The first-order valence-electron chi connectivity index (χ1n) is 10.2. The number of sulfonamides is 1. The molecule has 0 amide bonds. The number of hydrogen-bond donors (Lipinski definition) is 2. The van der Waals surface area contributed by atoms with Crippen LogP contribution in [0.2, 0.25) is 5.02 Å². The largest absolute Gasteiger partial charge is 0.377 e. The Bertz CT molecular complexity index is 1380. The number of aromatic nitrogens is 4. The topological polar surface area (TPSA) is 111 Å². The van der Waals surface area contributed by atoms with Crippen LogP contribution in [0.15, 0.2) is 59.5 Å². The van der Waals surface area contributed by atoms with Crippen LogP contribution in [-0.2, 0) is 21.4 Å². The maximum Gasteiger partial charge on any atom is 0.240 e. The molecule has 0 unspecified atom stereocenters. The van der Waals surface area contributed by atoms with E-state index >= 15 is 0 Å². The zero-order valence-corrected chi connectivity index (χ0v) is 19.7. The van der Waals surface area contributed by atoms with Crippen molar-refractivity contribution < 1.29 is 13.2 Å². The molecule has 0 aliphatic carbocycles. The molecular formula is C22H23ClN6O3S. The Labute approximate surface area is 196 Å². The molecule has 2 heterocycles. The van der Waals surface area contributed by atoms with Gasteiger partial charge in [0, 0.05) is 25.2 Å². The summed E-state index contributed by atoms with van der Waals surface area (Å²) in [4.78, 5) is 9.41. The van der Waals surface area contributed by atoms with E-state index in [2.05, 4.69) is 25.1 Å². The van der Waals surface area contributed by atoms with Gasteiger partial charge in [-0.15, -0.1) is 0 Å². The Morgan fingerprint density at radius 2 is 1.85 bits per heavy atom. The minimum atomic E-state index is -3.59. The van der Waals surface area contributed by atoms with E-state index in [-0.39, 0.29) is 18.0 Å². The number of fused-ring (bicyclic) bond motifs is 1. The molecule has 9 nitrogen and oxygen atoms in total. The highest BCUT2D eigenvalue weighted by Crippen LogP contribution is 2.27. The first kappa shape index (κ1) is 23.1. The van der Waals surface area contributed by atoms with Crippen molar-refractivity contribution in [3.8, 4) is 5.69 Å². The van der Waals surface area contributed by atoms with Gasteiger partial charge in [0.05, 0.1) is 21.7 Å².